The molecule has 0 saturated heterocycles. The lowest BCUT2D eigenvalue weighted by Gasteiger charge is -2.07. The fraction of sp³-hybridized carbons (Fsp3) is 0.111. The largest absolute Gasteiger partial charge is 0.444 e. The zero-order valence-electron chi connectivity index (χ0n) is 13.4. The third-order valence-corrected chi connectivity index (χ3v) is 3.88. The highest BCUT2D eigenvalue weighted by Gasteiger charge is 2.30. The number of anilines is 1. The molecule has 3 rings (SSSR count). The van der Waals surface area contributed by atoms with Crippen LogP contribution in [0.3, 0.4) is 0 Å². The molecular weight excluding hydrogens is 369 g/mol. The molecule has 1 amide bonds. The zero-order valence-corrected chi connectivity index (χ0v) is 14.2. The fourth-order valence-electron chi connectivity index (χ4n) is 2.23. The molecule has 0 aliphatic carbocycles. The molecule has 8 heteroatoms. The Bertz CT molecular complexity index is 950. The minimum atomic E-state index is -4.42. The smallest absolute Gasteiger partial charge is 0.416 e. The number of carbonyl (C=O) groups is 1. The summed E-state index contributed by atoms with van der Waals surface area (Å²) in [7, 11) is 0. The van der Waals surface area contributed by atoms with Crippen molar-refractivity contribution >= 4 is 23.2 Å². The third-order valence-electron chi connectivity index (χ3n) is 3.64. The maximum Gasteiger partial charge on any atom is 0.416 e. The maximum absolute atomic E-state index is 12.6. The van der Waals surface area contributed by atoms with Crippen LogP contribution in [0, 0.1) is 6.92 Å². The van der Waals surface area contributed by atoms with Gasteiger partial charge in [0.15, 0.2) is 5.69 Å². The van der Waals surface area contributed by atoms with E-state index in [1.165, 1.54) is 12.1 Å². The van der Waals surface area contributed by atoms with Crippen molar-refractivity contribution in [2.45, 2.75) is 13.1 Å². The molecule has 0 bridgehead atoms. The van der Waals surface area contributed by atoms with Crippen LogP contribution in [0.4, 0.5) is 18.9 Å². The second-order valence-corrected chi connectivity index (χ2v) is 5.96. The lowest BCUT2D eigenvalue weighted by Crippen LogP contribution is -2.13. The lowest BCUT2D eigenvalue weighted by atomic mass is 10.1. The predicted octanol–water partition coefficient (Wildman–Crippen LogP) is 5.57. The number of aromatic nitrogens is 1. The quantitative estimate of drug-likeness (QED) is 0.645. The van der Waals surface area contributed by atoms with E-state index in [1.54, 1.807) is 18.2 Å². The molecule has 1 N–H and O–H groups in total. The van der Waals surface area contributed by atoms with Crippen molar-refractivity contribution in [3.05, 3.63) is 70.6 Å². The predicted molar refractivity (Wildman–Crippen MR) is 91.1 cm³/mol. The number of nitrogens with one attached hydrogen (secondary N) is 1. The first-order valence-corrected chi connectivity index (χ1v) is 7.82. The number of rotatable bonds is 3. The summed E-state index contributed by atoms with van der Waals surface area (Å²) >= 11 is 5.91. The molecule has 0 aliphatic heterocycles. The van der Waals surface area contributed by atoms with E-state index < -0.39 is 17.6 Å². The van der Waals surface area contributed by atoms with E-state index in [0.717, 1.165) is 24.0 Å². The summed E-state index contributed by atoms with van der Waals surface area (Å²) in [6.45, 7) is 1.81. The van der Waals surface area contributed by atoms with Crippen LogP contribution in [-0.4, -0.2) is 10.9 Å². The minimum absolute atomic E-state index is 0.000673. The fourth-order valence-corrected chi connectivity index (χ4v) is 2.40. The Morgan fingerprint density at radius 1 is 1.15 bits per heavy atom. The highest BCUT2D eigenvalue weighted by Crippen LogP contribution is 2.31. The molecule has 26 heavy (non-hydrogen) atoms. The van der Waals surface area contributed by atoms with Gasteiger partial charge in [-0.05, 0) is 48.9 Å². The molecule has 0 spiro atoms. The van der Waals surface area contributed by atoms with Gasteiger partial charge >= 0.3 is 6.18 Å². The number of hydrogen-bond acceptors (Lipinski definition) is 3. The van der Waals surface area contributed by atoms with E-state index in [2.05, 4.69) is 10.3 Å². The summed E-state index contributed by atoms with van der Waals surface area (Å²) in [6.07, 6.45) is -3.28. The summed E-state index contributed by atoms with van der Waals surface area (Å²) in [4.78, 5) is 16.3. The minimum Gasteiger partial charge on any atom is -0.444 e. The average molecular weight is 381 g/mol. The number of aryl methyl sites for hydroxylation is 1. The Balaban J connectivity index is 1.79. The summed E-state index contributed by atoms with van der Waals surface area (Å²) in [5.41, 5.74) is 0.897. The van der Waals surface area contributed by atoms with Crippen LogP contribution in [-0.2, 0) is 6.18 Å². The van der Waals surface area contributed by atoms with E-state index in [-0.39, 0.29) is 11.6 Å². The maximum atomic E-state index is 12.6. The van der Waals surface area contributed by atoms with Gasteiger partial charge in [-0.15, -0.1) is 0 Å². The van der Waals surface area contributed by atoms with Crippen molar-refractivity contribution in [3.8, 4) is 11.5 Å². The SMILES string of the molecule is Cc1ccc(Cl)cc1NC(=O)c1coc(-c2ccc(C(F)(F)F)cc2)n1. The number of nitrogens with zero attached hydrogens (tertiary/aromatic N) is 1. The second-order valence-electron chi connectivity index (χ2n) is 5.53. The van der Waals surface area contributed by atoms with Crippen molar-refractivity contribution in [1.82, 2.24) is 4.98 Å². The van der Waals surface area contributed by atoms with Crippen LogP contribution in [0.15, 0.2) is 53.1 Å². The Morgan fingerprint density at radius 3 is 2.50 bits per heavy atom. The van der Waals surface area contributed by atoms with Crippen LogP contribution >= 0.6 is 11.6 Å². The molecule has 0 saturated carbocycles. The van der Waals surface area contributed by atoms with E-state index in [0.29, 0.717) is 16.3 Å². The first-order chi connectivity index (χ1) is 12.2. The van der Waals surface area contributed by atoms with Gasteiger partial charge in [-0.2, -0.15) is 13.2 Å². The van der Waals surface area contributed by atoms with E-state index in [1.807, 2.05) is 6.92 Å². The highest BCUT2D eigenvalue weighted by atomic mass is 35.5. The Labute approximate surface area is 151 Å². The van der Waals surface area contributed by atoms with Gasteiger partial charge in [-0.3, -0.25) is 4.79 Å². The topological polar surface area (TPSA) is 55.1 Å². The molecular formula is C18H12ClF3N2O2. The molecule has 1 aromatic heterocycles. The lowest BCUT2D eigenvalue weighted by molar-refractivity contribution is -0.137. The van der Waals surface area contributed by atoms with Crippen molar-refractivity contribution in [3.63, 3.8) is 0 Å². The van der Waals surface area contributed by atoms with Crippen LogP contribution in [0.5, 0.6) is 0 Å². The van der Waals surface area contributed by atoms with Gasteiger partial charge in [-0.1, -0.05) is 17.7 Å². The molecule has 1 heterocycles. The number of hydrogen-bond donors (Lipinski definition) is 1. The molecule has 3 aromatic rings. The van der Waals surface area contributed by atoms with Gasteiger partial charge in [0.05, 0.1) is 5.56 Å². The Morgan fingerprint density at radius 2 is 1.85 bits per heavy atom. The molecule has 0 unspecified atom stereocenters. The zero-order chi connectivity index (χ0) is 18.9. The van der Waals surface area contributed by atoms with Gasteiger partial charge in [0.1, 0.15) is 6.26 Å². The van der Waals surface area contributed by atoms with E-state index in [9.17, 15) is 18.0 Å². The van der Waals surface area contributed by atoms with E-state index in [4.69, 9.17) is 16.0 Å². The number of alkyl halides is 3. The van der Waals surface area contributed by atoms with Crippen molar-refractivity contribution in [1.29, 1.82) is 0 Å². The normalized spacial score (nSPS) is 11.4. The number of carbonyl (C=O) groups excluding carboxylic acids is 1. The number of halogens is 4. The van der Waals surface area contributed by atoms with Crippen molar-refractivity contribution in [2.75, 3.05) is 5.32 Å². The van der Waals surface area contributed by atoms with Gasteiger partial charge in [-0.25, -0.2) is 4.98 Å². The number of benzene rings is 2. The summed E-state index contributed by atoms with van der Waals surface area (Å²) < 4.78 is 43.0. The van der Waals surface area contributed by atoms with Gasteiger partial charge in [0.25, 0.3) is 5.91 Å². The summed E-state index contributed by atoms with van der Waals surface area (Å²) in [5.74, 6) is -0.469. The number of oxazole rings is 1. The first kappa shape index (κ1) is 18.0. The summed E-state index contributed by atoms with van der Waals surface area (Å²) in [6, 6.07) is 9.38. The standard InChI is InChI=1S/C18H12ClF3N2O2/c1-10-2-7-13(19)8-14(10)23-16(25)15-9-26-17(24-15)11-3-5-12(6-4-11)18(20,21)22/h2-9H,1H3,(H,23,25). The Hall–Kier alpha value is -2.80. The number of amides is 1. The monoisotopic (exact) mass is 380 g/mol. The first-order valence-electron chi connectivity index (χ1n) is 7.45. The third kappa shape index (κ3) is 3.88. The summed E-state index contributed by atoms with van der Waals surface area (Å²) in [5, 5.41) is 3.14. The van der Waals surface area contributed by atoms with Crippen LogP contribution in [0.2, 0.25) is 5.02 Å². The molecule has 4 nitrogen and oxygen atoms in total. The van der Waals surface area contributed by atoms with Crippen LogP contribution < -0.4 is 5.32 Å². The van der Waals surface area contributed by atoms with Crippen molar-refractivity contribution < 1.29 is 22.4 Å². The van der Waals surface area contributed by atoms with Gasteiger partial charge < -0.3 is 9.73 Å². The van der Waals surface area contributed by atoms with Crippen LogP contribution in [0.1, 0.15) is 21.6 Å². The highest BCUT2D eigenvalue weighted by molar-refractivity contribution is 6.31. The van der Waals surface area contributed by atoms with Gasteiger partial charge in [0, 0.05) is 16.3 Å². The van der Waals surface area contributed by atoms with E-state index >= 15 is 0 Å². The second kappa shape index (κ2) is 6.84. The van der Waals surface area contributed by atoms with Crippen molar-refractivity contribution in [2.24, 2.45) is 0 Å². The Kier molecular flexibility index (Phi) is 4.73. The van der Waals surface area contributed by atoms with Gasteiger partial charge in [0.2, 0.25) is 5.89 Å². The molecule has 0 fully saturated rings. The molecule has 0 atom stereocenters. The van der Waals surface area contributed by atoms with Crippen LogP contribution in [0.25, 0.3) is 11.5 Å². The molecule has 134 valence electrons. The molecule has 0 radical (unpaired) electrons. The average Bonchev–Trinajstić information content (AvgIpc) is 3.08. The molecule has 2 aromatic carbocycles. The molecule has 0 aliphatic rings.